The van der Waals surface area contributed by atoms with Gasteiger partial charge in [0.1, 0.15) is 0 Å². The summed E-state index contributed by atoms with van der Waals surface area (Å²) >= 11 is 0. The van der Waals surface area contributed by atoms with Crippen LogP contribution in [0.4, 0.5) is 11.4 Å². The Morgan fingerprint density at radius 3 is 1.32 bits per heavy atom. The van der Waals surface area contributed by atoms with Crippen molar-refractivity contribution in [2.45, 2.75) is 25.7 Å². The molecule has 0 aromatic heterocycles. The molecule has 2 aromatic rings. The molecule has 0 saturated carbocycles. The number of benzene rings is 2. The molecule has 2 aromatic carbocycles. The maximum atomic E-state index is 12.9. The molecule has 2 aliphatic rings. The number of ketones is 1. The second-order valence-corrected chi connectivity index (χ2v) is 6.68. The predicted molar refractivity (Wildman–Crippen MR) is 99.8 cm³/mol. The maximum Gasteiger partial charge on any atom is 0.234 e. The molecular weight excluding hydrogens is 360 g/mol. The lowest BCUT2D eigenvalue weighted by Crippen LogP contribution is -2.29. The Hall–Kier alpha value is -3.61. The fourth-order valence-electron chi connectivity index (χ4n) is 3.47. The number of carbonyl (C=O) groups excluding carboxylic acids is 5. The van der Waals surface area contributed by atoms with Crippen molar-refractivity contribution in [3.8, 4) is 0 Å². The fraction of sp³-hybridized carbons (Fsp3) is 0.190. The summed E-state index contributed by atoms with van der Waals surface area (Å²) in [5.74, 6) is -1.49. The molecule has 0 N–H and O–H groups in total. The number of nitrogens with zero attached hydrogens (tertiary/aromatic N) is 2. The first kappa shape index (κ1) is 17.8. The summed E-state index contributed by atoms with van der Waals surface area (Å²) in [6.07, 6.45) is 0.655. The second-order valence-electron chi connectivity index (χ2n) is 6.68. The van der Waals surface area contributed by atoms with E-state index in [0.717, 1.165) is 9.80 Å². The molecule has 2 heterocycles. The van der Waals surface area contributed by atoms with Gasteiger partial charge in [-0.2, -0.15) is 0 Å². The fourth-order valence-corrected chi connectivity index (χ4v) is 3.47. The standard InChI is InChI=1S/C21H16N2O5/c24-17-7-8-18(25)22(17)15-5-1-3-13(11-15)21(28)14-4-2-6-16(12-14)23-19(26)9-10-20(23)27/h1-6,11-12H,7-10H2. The van der Waals surface area contributed by atoms with Crippen molar-refractivity contribution >= 4 is 40.8 Å². The van der Waals surface area contributed by atoms with Gasteiger partial charge in [-0.25, -0.2) is 0 Å². The van der Waals surface area contributed by atoms with E-state index in [1.54, 1.807) is 36.4 Å². The molecule has 140 valence electrons. The molecule has 0 spiro atoms. The molecule has 0 aliphatic carbocycles. The number of hydrogen-bond acceptors (Lipinski definition) is 5. The van der Waals surface area contributed by atoms with E-state index < -0.39 is 0 Å². The van der Waals surface area contributed by atoms with Crippen LogP contribution in [-0.4, -0.2) is 29.4 Å². The quantitative estimate of drug-likeness (QED) is 0.603. The zero-order valence-electron chi connectivity index (χ0n) is 14.9. The van der Waals surface area contributed by atoms with Crippen LogP contribution in [0.2, 0.25) is 0 Å². The molecule has 7 heteroatoms. The summed E-state index contributed by atoms with van der Waals surface area (Å²) in [6, 6.07) is 12.6. The number of carbonyl (C=O) groups is 5. The molecule has 2 fully saturated rings. The summed E-state index contributed by atoms with van der Waals surface area (Å²) < 4.78 is 0. The van der Waals surface area contributed by atoms with E-state index in [1.807, 2.05) is 0 Å². The average Bonchev–Trinajstić information content (AvgIpc) is 3.22. The molecule has 2 saturated heterocycles. The molecular formula is C21H16N2O5. The van der Waals surface area contributed by atoms with E-state index in [4.69, 9.17) is 0 Å². The minimum atomic E-state index is -0.332. The maximum absolute atomic E-state index is 12.9. The van der Waals surface area contributed by atoms with Crippen LogP contribution in [0.25, 0.3) is 0 Å². The number of hydrogen-bond donors (Lipinski definition) is 0. The lowest BCUT2D eigenvalue weighted by molar-refractivity contribution is -0.122. The van der Waals surface area contributed by atoms with Crippen molar-refractivity contribution in [3.05, 3.63) is 59.7 Å². The summed E-state index contributed by atoms with van der Waals surface area (Å²) in [7, 11) is 0. The van der Waals surface area contributed by atoms with Gasteiger partial charge in [0.25, 0.3) is 0 Å². The number of anilines is 2. The molecule has 0 radical (unpaired) electrons. The van der Waals surface area contributed by atoms with Crippen LogP contribution in [-0.2, 0) is 19.2 Å². The lowest BCUT2D eigenvalue weighted by Gasteiger charge is -2.16. The van der Waals surface area contributed by atoms with Gasteiger partial charge in [0.05, 0.1) is 11.4 Å². The van der Waals surface area contributed by atoms with Gasteiger partial charge in [0, 0.05) is 36.8 Å². The van der Waals surface area contributed by atoms with E-state index in [-0.39, 0.29) is 55.1 Å². The van der Waals surface area contributed by atoms with Crippen molar-refractivity contribution in [3.63, 3.8) is 0 Å². The average molecular weight is 376 g/mol. The summed E-state index contributed by atoms with van der Waals surface area (Å²) in [6.45, 7) is 0. The first-order chi connectivity index (χ1) is 13.5. The van der Waals surface area contributed by atoms with Crippen molar-refractivity contribution < 1.29 is 24.0 Å². The third-order valence-corrected chi connectivity index (χ3v) is 4.84. The third-order valence-electron chi connectivity index (χ3n) is 4.84. The second kappa shape index (κ2) is 6.84. The number of amides is 4. The highest BCUT2D eigenvalue weighted by atomic mass is 16.2. The van der Waals surface area contributed by atoms with E-state index in [2.05, 4.69) is 0 Å². The van der Waals surface area contributed by atoms with Crippen molar-refractivity contribution in [2.24, 2.45) is 0 Å². The van der Waals surface area contributed by atoms with Crippen LogP contribution in [0, 0.1) is 0 Å². The van der Waals surface area contributed by atoms with Crippen LogP contribution in [0.3, 0.4) is 0 Å². The minimum absolute atomic E-state index is 0.164. The van der Waals surface area contributed by atoms with Gasteiger partial charge in [0.2, 0.25) is 23.6 Å². The highest BCUT2D eigenvalue weighted by molar-refractivity contribution is 6.21. The lowest BCUT2D eigenvalue weighted by atomic mass is 10.0. The molecule has 28 heavy (non-hydrogen) atoms. The Labute approximate surface area is 160 Å². The van der Waals surface area contributed by atoms with E-state index in [0.29, 0.717) is 22.5 Å². The molecule has 4 amide bonds. The molecule has 0 bridgehead atoms. The van der Waals surface area contributed by atoms with Gasteiger partial charge in [0.15, 0.2) is 5.78 Å². The zero-order valence-corrected chi connectivity index (χ0v) is 14.9. The SMILES string of the molecule is O=C(c1cccc(N2C(=O)CCC2=O)c1)c1cccc(N2C(=O)CCC2=O)c1. The van der Waals surface area contributed by atoms with Gasteiger partial charge >= 0.3 is 0 Å². The Kier molecular flexibility index (Phi) is 4.35. The van der Waals surface area contributed by atoms with Gasteiger partial charge < -0.3 is 0 Å². The van der Waals surface area contributed by atoms with Crippen LogP contribution in [0.15, 0.2) is 48.5 Å². The highest BCUT2D eigenvalue weighted by Crippen LogP contribution is 2.27. The smallest absolute Gasteiger partial charge is 0.234 e. The van der Waals surface area contributed by atoms with Crippen molar-refractivity contribution in [2.75, 3.05) is 9.80 Å². The third kappa shape index (κ3) is 3.00. The minimum Gasteiger partial charge on any atom is -0.289 e. The zero-order chi connectivity index (χ0) is 19.8. The van der Waals surface area contributed by atoms with Crippen LogP contribution in [0.1, 0.15) is 41.6 Å². The van der Waals surface area contributed by atoms with Gasteiger partial charge in [-0.05, 0) is 24.3 Å². The Balaban J connectivity index is 1.65. The largest absolute Gasteiger partial charge is 0.289 e. The molecule has 4 rings (SSSR count). The van der Waals surface area contributed by atoms with Gasteiger partial charge in [-0.3, -0.25) is 33.8 Å². The van der Waals surface area contributed by atoms with Crippen molar-refractivity contribution in [1.82, 2.24) is 0 Å². The molecule has 0 atom stereocenters. The Morgan fingerprint density at radius 2 is 0.964 bits per heavy atom. The molecule has 0 unspecified atom stereocenters. The Morgan fingerprint density at radius 1 is 0.607 bits per heavy atom. The van der Waals surface area contributed by atoms with Crippen molar-refractivity contribution in [1.29, 1.82) is 0 Å². The first-order valence-electron chi connectivity index (χ1n) is 8.92. The van der Waals surface area contributed by atoms with Gasteiger partial charge in [-0.15, -0.1) is 0 Å². The normalized spacial score (nSPS) is 17.0. The topological polar surface area (TPSA) is 91.8 Å². The van der Waals surface area contributed by atoms with E-state index in [9.17, 15) is 24.0 Å². The number of imide groups is 2. The monoisotopic (exact) mass is 376 g/mol. The molecule has 2 aliphatic heterocycles. The first-order valence-corrected chi connectivity index (χ1v) is 8.92. The Bertz CT molecular complexity index is 929. The van der Waals surface area contributed by atoms with E-state index in [1.165, 1.54) is 12.1 Å². The highest BCUT2D eigenvalue weighted by Gasteiger charge is 2.32. The summed E-state index contributed by atoms with van der Waals surface area (Å²) in [5.41, 5.74) is 1.33. The summed E-state index contributed by atoms with van der Waals surface area (Å²) in [5, 5.41) is 0. The molecule has 7 nitrogen and oxygen atoms in total. The van der Waals surface area contributed by atoms with Crippen LogP contribution >= 0.6 is 0 Å². The van der Waals surface area contributed by atoms with E-state index >= 15 is 0 Å². The van der Waals surface area contributed by atoms with Crippen LogP contribution in [0.5, 0.6) is 0 Å². The van der Waals surface area contributed by atoms with Crippen LogP contribution < -0.4 is 9.80 Å². The number of rotatable bonds is 4. The summed E-state index contributed by atoms with van der Waals surface area (Å²) in [4.78, 5) is 62.9. The predicted octanol–water partition coefficient (Wildman–Crippen LogP) is 2.22. The van der Waals surface area contributed by atoms with Gasteiger partial charge in [-0.1, -0.05) is 24.3 Å².